The van der Waals surface area contributed by atoms with Crippen LogP contribution in [0.3, 0.4) is 0 Å². The number of hydrogen-bond acceptors (Lipinski definition) is 4. The molecule has 2 aromatic rings. The van der Waals surface area contributed by atoms with Crippen LogP contribution in [0.1, 0.15) is 28.4 Å². The third kappa shape index (κ3) is 2.71. The molecular formula is C14H17N5O. The maximum atomic E-state index is 12.0. The molecule has 0 saturated carbocycles. The minimum atomic E-state index is -0.119. The van der Waals surface area contributed by atoms with Crippen molar-refractivity contribution in [3.05, 3.63) is 53.9 Å². The summed E-state index contributed by atoms with van der Waals surface area (Å²) in [4.78, 5) is 12.0. The van der Waals surface area contributed by atoms with Crippen molar-refractivity contribution >= 4 is 5.91 Å². The number of carbonyl (C=O) groups excluding carboxylic acids is 1. The van der Waals surface area contributed by atoms with Gasteiger partial charge in [0.25, 0.3) is 5.91 Å². The fourth-order valence-corrected chi connectivity index (χ4v) is 2.33. The van der Waals surface area contributed by atoms with Crippen molar-refractivity contribution in [2.75, 3.05) is 0 Å². The first kappa shape index (κ1) is 12.8. The summed E-state index contributed by atoms with van der Waals surface area (Å²) in [6.07, 6.45) is 3.97. The smallest absolute Gasteiger partial charge is 0.255 e. The highest BCUT2D eigenvalue weighted by molar-refractivity contribution is 5.93. The van der Waals surface area contributed by atoms with Gasteiger partial charge >= 0.3 is 0 Å². The summed E-state index contributed by atoms with van der Waals surface area (Å²) >= 11 is 0. The number of rotatable bonds is 3. The zero-order valence-corrected chi connectivity index (χ0v) is 11.2. The molecule has 0 spiro atoms. The minimum absolute atomic E-state index is 0.0899. The average Bonchev–Trinajstić information content (AvgIpc) is 3.09. The first-order chi connectivity index (χ1) is 9.72. The number of carbonyl (C=O) groups is 1. The molecule has 3 rings (SSSR count). The van der Waals surface area contributed by atoms with Crippen LogP contribution < -0.4 is 16.2 Å². The Kier molecular flexibility index (Phi) is 3.49. The van der Waals surface area contributed by atoms with Gasteiger partial charge in [0, 0.05) is 25.7 Å². The van der Waals surface area contributed by atoms with E-state index in [-0.39, 0.29) is 18.1 Å². The number of nitrogens with one attached hydrogen (secondary N) is 3. The normalized spacial score (nSPS) is 21.9. The van der Waals surface area contributed by atoms with E-state index in [0.717, 1.165) is 6.42 Å². The fraction of sp³-hybridized carbons (Fsp3) is 0.286. The SMILES string of the molecule is Cn1cc(C(=O)NC2CC(c3ccccc3)NN2)cn1. The van der Waals surface area contributed by atoms with Crippen LogP contribution in [0.25, 0.3) is 0 Å². The van der Waals surface area contributed by atoms with Crippen LogP contribution in [-0.2, 0) is 7.05 Å². The molecule has 2 unspecified atom stereocenters. The largest absolute Gasteiger partial charge is 0.335 e. The van der Waals surface area contributed by atoms with Crippen LogP contribution in [0.4, 0.5) is 0 Å². The molecule has 1 saturated heterocycles. The van der Waals surface area contributed by atoms with E-state index in [1.54, 1.807) is 24.1 Å². The summed E-state index contributed by atoms with van der Waals surface area (Å²) in [6.45, 7) is 0. The van der Waals surface area contributed by atoms with E-state index >= 15 is 0 Å². The van der Waals surface area contributed by atoms with E-state index in [1.165, 1.54) is 5.56 Å². The van der Waals surface area contributed by atoms with Crippen molar-refractivity contribution in [2.24, 2.45) is 7.05 Å². The van der Waals surface area contributed by atoms with Gasteiger partial charge in [-0.15, -0.1) is 0 Å². The van der Waals surface area contributed by atoms with Crippen molar-refractivity contribution in [1.82, 2.24) is 25.9 Å². The Morgan fingerprint density at radius 2 is 2.15 bits per heavy atom. The molecule has 104 valence electrons. The van der Waals surface area contributed by atoms with Gasteiger partial charge in [0.1, 0.15) is 0 Å². The minimum Gasteiger partial charge on any atom is -0.335 e. The van der Waals surface area contributed by atoms with Gasteiger partial charge in [-0.25, -0.2) is 10.9 Å². The highest BCUT2D eigenvalue weighted by Crippen LogP contribution is 2.20. The monoisotopic (exact) mass is 271 g/mol. The molecule has 0 aliphatic carbocycles. The molecule has 1 amide bonds. The molecule has 6 heteroatoms. The van der Waals surface area contributed by atoms with Gasteiger partial charge in [-0.2, -0.15) is 5.10 Å². The summed E-state index contributed by atoms with van der Waals surface area (Å²) in [5.41, 5.74) is 8.08. The molecule has 3 N–H and O–H groups in total. The quantitative estimate of drug-likeness (QED) is 0.769. The van der Waals surface area contributed by atoms with E-state index in [0.29, 0.717) is 5.56 Å². The topological polar surface area (TPSA) is 71.0 Å². The van der Waals surface area contributed by atoms with E-state index in [1.807, 2.05) is 18.2 Å². The van der Waals surface area contributed by atoms with Crippen LogP contribution in [0.2, 0.25) is 0 Å². The number of benzene rings is 1. The van der Waals surface area contributed by atoms with Gasteiger partial charge in [-0.05, 0) is 5.56 Å². The fourth-order valence-electron chi connectivity index (χ4n) is 2.33. The first-order valence-electron chi connectivity index (χ1n) is 6.58. The zero-order valence-electron chi connectivity index (χ0n) is 11.2. The van der Waals surface area contributed by atoms with E-state index in [2.05, 4.69) is 33.4 Å². The molecule has 0 radical (unpaired) electrons. The number of amides is 1. The average molecular weight is 271 g/mol. The Hall–Kier alpha value is -2.18. The standard InChI is InChI=1S/C14H17N5O/c1-19-9-11(8-15-19)14(20)16-13-7-12(17-18-13)10-5-3-2-4-6-10/h2-6,8-9,12-13,17-18H,7H2,1H3,(H,16,20). The zero-order chi connectivity index (χ0) is 13.9. The van der Waals surface area contributed by atoms with Crippen molar-refractivity contribution in [2.45, 2.75) is 18.6 Å². The van der Waals surface area contributed by atoms with Crippen molar-refractivity contribution < 1.29 is 4.79 Å². The lowest BCUT2D eigenvalue weighted by Gasteiger charge is -2.11. The molecule has 6 nitrogen and oxygen atoms in total. The van der Waals surface area contributed by atoms with E-state index < -0.39 is 0 Å². The predicted molar refractivity (Wildman–Crippen MR) is 74.5 cm³/mol. The number of aryl methyl sites for hydroxylation is 1. The lowest BCUT2D eigenvalue weighted by atomic mass is 10.0. The summed E-state index contributed by atoms with van der Waals surface area (Å²) in [5.74, 6) is -0.119. The van der Waals surface area contributed by atoms with E-state index in [9.17, 15) is 4.79 Å². The van der Waals surface area contributed by atoms with Crippen LogP contribution >= 0.6 is 0 Å². The summed E-state index contributed by atoms with van der Waals surface area (Å²) in [5, 5.41) is 6.94. The van der Waals surface area contributed by atoms with Gasteiger partial charge in [0.2, 0.25) is 0 Å². The Balaban J connectivity index is 1.59. The van der Waals surface area contributed by atoms with Crippen LogP contribution in [-0.4, -0.2) is 21.9 Å². The highest BCUT2D eigenvalue weighted by Gasteiger charge is 2.26. The third-order valence-corrected chi connectivity index (χ3v) is 3.38. The van der Waals surface area contributed by atoms with Gasteiger partial charge in [0.05, 0.1) is 17.9 Å². The predicted octanol–water partition coefficient (Wildman–Crippen LogP) is 0.715. The van der Waals surface area contributed by atoms with Crippen molar-refractivity contribution in [3.63, 3.8) is 0 Å². The van der Waals surface area contributed by atoms with Gasteiger partial charge in [-0.1, -0.05) is 30.3 Å². The van der Waals surface area contributed by atoms with Crippen molar-refractivity contribution in [1.29, 1.82) is 0 Å². The summed E-state index contributed by atoms with van der Waals surface area (Å²) in [7, 11) is 1.79. The Labute approximate surface area is 117 Å². The number of aromatic nitrogens is 2. The van der Waals surface area contributed by atoms with E-state index in [4.69, 9.17) is 0 Å². The second-order valence-electron chi connectivity index (χ2n) is 4.92. The third-order valence-electron chi connectivity index (χ3n) is 3.38. The molecule has 20 heavy (non-hydrogen) atoms. The Morgan fingerprint density at radius 3 is 2.85 bits per heavy atom. The molecular weight excluding hydrogens is 254 g/mol. The van der Waals surface area contributed by atoms with Gasteiger partial charge in [-0.3, -0.25) is 9.48 Å². The molecule has 1 aliphatic rings. The molecule has 1 aromatic carbocycles. The summed E-state index contributed by atoms with van der Waals surface area (Å²) < 4.78 is 1.61. The van der Waals surface area contributed by atoms with Crippen LogP contribution in [0.15, 0.2) is 42.7 Å². The molecule has 1 aliphatic heterocycles. The maximum Gasteiger partial charge on any atom is 0.255 e. The molecule has 1 aromatic heterocycles. The maximum absolute atomic E-state index is 12.0. The second kappa shape index (κ2) is 5.44. The van der Waals surface area contributed by atoms with Gasteiger partial charge in [0.15, 0.2) is 0 Å². The van der Waals surface area contributed by atoms with Crippen LogP contribution in [0, 0.1) is 0 Å². The molecule has 2 heterocycles. The van der Waals surface area contributed by atoms with Gasteiger partial charge < -0.3 is 5.32 Å². The Morgan fingerprint density at radius 1 is 1.35 bits per heavy atom. The molecule has 0 bridgehead atoms. The Bertz CT molecular complexity index is 595. The highest BCUT2D eigenvalue weighted by atomic mass is 16.2. The second-order valence-corrected chi connectivity index (χ2v) is 4.92. The van der Waals surface area contributed by atoms with Crippen LogP contribution in [0.5, 0.6) is 0 Å². The molecule has 2 atom stereocenters. The first-order valence-corrected chi connectivity index (χ1v) is 6.58. The number of hydrogen-bond donors (Lipinski definition) is 3. The lowest BCUT2D eigenvalue weighted by Crippen LogP contribution is -2.44. The lowest BCUT2D eigenvalue weighted by molar-refractivity contribution is 0.0932. The summed E-state index contributed by atoms with van der Waals surface area (Å²) in [6, 6.07) is 10.4. The molecule has 1 fully saturated rings. The van der Waals surface area contributed by atoms with Crippen molar-refractivity contribution in [3.8, 4) is 0 Å². The number of nitrogens with zero attached hydrogens (tertiary/aromatic N) is 2. The number of hydrazine groups is 1.